The quantitative estimate of drug-likeness (QED) is 0.766. The molecule has 0 aromatic rings. The number of rotatable bonds is 4. The zero-order chi connectivity index (χ0) is 11.3. The molecule has 0 radical (unpaired) electrons. The minimum atomic E-state index is -0.154. The van der Waals surface area contributed by atoms with Crippen LogP contribution in [-0.2, 0) is 4.74 Å². The first kappa shape index (κ1) is 12.6. The van der Waals surface area contributed by atoms with Gasteiger partial charge in [0.05, 0.1) is 5.60 Å². The summed E-state index contributed by atoms with van der Waals surface area (Å²) in [6.07, 6.45) is 1.01. The summed E-state index contributed by atoms with van der Waals surface area (Å²) in [5.41, 5.74) is -0.154. The molecule has 0 saturated carbocycles. The van der Waals surface area contributed by atoms with E-state index in [1.54, 1.807) is 7.11 Å². The molecule has 88 valence electrons. The summed E-state index contributed by atoms with van der Waals surface area (Å²) in [6, 6.07) is 0.0553. The number of hydrogen-bond donors (Lipinski definition) is 2. The highest BCUT2D eigenvalue weighted by Gasteiger charge is 2.34. The van der Waals surface area contributed by atoms with Gasteiger partial charge in [-0.3, -0.25) is 0 Å². The Labute approximate surface area is 95.5 Å². The summed E-state index contributed by atoms with van der Waals surface area (Å²) >= 11 is 1.87. The van der Waals surface area contributed by atoms with Crippen LogP contribution in [0.2, 0.25) is 0 Å². The van der Waals surface area contributed by atoms with Crippen LogP contribution < -0.4 is 10.6 Å². The molecular weight excluding hydrogens is 212 g/mol. The van der Waals surface area contributed by atoms with Crippen LogP contribution in [0.15, 0.2) is 0 Å². The van der Waals surface area contributed by atoms with Gasteiger partial charge in [0, 0.05) is 25.4 Å². The smallest absolute Gasteiger partial charge is 0.315 e. The molecule has 0 spiro atoms. The van der Waals surface area contributed by atoms with Crippen LogP contribution in [0.3, 0.4) is 0 Å². The minimum Gasteiger partial charge on any atom is -0.376 e. The zero-order valence-electron chi connectivity index (χ0n) is 9.63. The summed E-state index contributed by atoms with van der Waals surface area (Å²) in [5.74, 6) is 2.08. The highest BCUT2D eigenvalue weighted by Crippen LogP contribution is 2.30. The van der Waals surface area contributed by atoms with E-state index in [-0.39, 0.29) is 17.7 Å². The highest BCUT2D eigenvalue weighted by molar-refractivity contribution is 7.99. The second-order valence-electron chi connectivity index (χ2n) is 4.17. The number of carbonyl (C=O) groups is 1. The van der Waals surface area contributed by atoms with Crippen molar-refractivity contribution < 1.29 is 9.53 Å². The molecule has 4 nitrogen and oxygen atoms in total. The standard InChI is InChI=1S/C10H20N2O2S/c1-8(2)12-9(13)11-6-10(14-3)4-5-15-7-10/h8H,4-7H2,1-3H3,(H2,11,12,13). The van der Waals surface area contributed by atoms with Gasteiger partial charge in [0.1, 0.15) is 0 Å². The number of urea groups is 1. The largest absolute Gasteiger partial charge is 0.376 e. The van der Waals surface area contributed by atoms with Crippen LogP contribution in [0, 0.1) is 0 Å². The molecule has 1 atom stereocenters. The van der Waals surface area contributed by atoms with Gasteiger partial charge in [0.15, 0.2) is 0 Å². The Balaban J connectivity index is 2.31. The van der Waals surface area contributed by atoms with Crippen molar-refractivity contribution in [3.8, 4) is 0 Å². The second-order valence-corrected chi connectivity index (χ2v) is 5.28. The number of carbonyl (C=O) groups excluding carboxylic acids is 1. The molecule has 1 fully saturated rings. The molecule has 0 bridgehead atoms. The van der Waals surface area contributed by atoms with E-state index in [9.17, 15) is 4.79 Å². The topological polar surface area (TPSA) is 50.4 Å². The van der Waals surface area contributed by atoms with E-state index in [0.29, 0.717) is 6.54 Å². The zero-order valence-corrected chi connectivity index (χ0v) is 10.4. The fourth-order valence-corrected chi connectivity index (χ4v) is 2.91. The van der Waals surface area contributed by atoms with Crippen LogP contribution in [-0.4, -0.2) is 42.8 Å². The molecule has 0 aliphatic carbocycles. The lowest BCUT2D eigenvalue weighted by molar-refractivity contribution is 0.0157. The van der Waals surface area contributed by atoms with Gasteiger partial charge in [-0.1, -0.05) is 0 Å². The highest BCUT2D eigenvalue weighted by atomic mass is 32.2. The van der Waals surface area contributed by atoms with Gasteiger partial charge < -0.3 is 15.4 Å². The van der Waals surface area contributed by atoms with E-state index in [1.807, 2.05) is 25.6 Å². The van der Waals surface area contributed by atoms with Crippen LogP contribution in [0.4, 0.5) is 4.79 Å². The van der Waals surface area contributed by atoms with E-state index in [4.69, 9.17) is 4.74 Å². The van der Waals surface area contributed by atoms with Gasteiger partial charge in [-0.2, -0.15) is 11.8 Å². The summed E-state index contributed by atoms with van der Waals surface area (Å²) in [6.45, 7) is 4.48. The predicted molar refractivity (Wildman–Crippen MR) is 63.4 cm³/mol. The normalized spacial score (nSPS) is 25.6. The summed E-state index contributed by atoms with van der Waals surface area (Å²) in [7, 11) is 1.72. The number of methoxy groups -OCH3 is 1. The second kappa shape index (κ2) is 5.61. The molecule has 2 N–H and O–H groups in total. The number of ether oxygens (including phenoxy) is 1. The monoisotopic (exact) mass is 232 g/mol. The molecule has 1 unspecified atom stereocenters. The first-order valence-corrected chi connectivity index (χ1v) is 6.41. The van der Waals surface area contributed by atoms with E-state index in [2.05, 4.69) is 10.6 Å². The summed E-state index contributed by atoms with van der Waals surface area (Å²) < 4.78 is 5.49. The van der Waals surface area contributed by atoms with E-state index in [0.717, 1.165) is 17.9 Å². The van der Waals surface area contributed by atoms with Gasteiger partial charge in [-0.15, -0.1) is 0 Å². The van der Waals surface area contributed by atoms with E-state index >= 15 is 0 Å². The Morgan fingerprint density at radius 2 is 2.33 bits per heavy atom. The van der Waals surface area contributed by atoms with Gasteiger partial charge in [0.2, 0.25) is 0 Å². The third-order valence-electron chi connectivity index (χ3n) is 2.49. The predicted octanol–water partition coefficient (Wildman–Crippen LogP) is 1.22. The van der Waals surface area contributed by atoms with Crippen LogP contribution in [0.5, 0.6) is 0 Å². The van der Waals surface area contributed by atoms with Gasteiger partial charge in [-0.25, -0.2) is 4.79 Å². The number of thioether (sulfide) groups is 1. The third kappa shape index (κ3) is 3.91. The SMILES string of the molecule is COC1(CNC(=O)NC(C)C)CCSC1. The first-order chi connectivity index (χ1) is 7.08. The molecule has 1 saturated heterocycles. The maximum atomic E-state index is 11.4. The number of nitrogens with one attached hydrogen (secondary N) is 2. The Bertz CT molecular complexity index is 215. The Hall–Kier alpha value is -0.420. The minimum absolute atomic E-state index is 0.113. The third-order valence-corrected chi connectivity index (χ3v) is 3.71. The molecule has 2 amide bonds. The summed E-state index contributed by atoms with van der Waals surface area (Å²) in [5, 5.41) is 5.65. The lowest BCUT2D eigenvalue weighted by Crippen LogP contribution is -2.48. The van der Waals surface area contributed by atoms with E-state index in [1.165, 1.54) is 0 Å². The summed E-state index contributed by atoms with van der Waals surface area (Å²) in [4.78, 5) is 11.4. The van der Waals surface area contributed by atoms with Gasteiger partial charge >= 0.3 is 6.03 Å². The van der Waals surface area contributed by atoms with Crippen molar-refractivity contribution in [3.63, 3.8) is 0 Å². The van der Waals surface area contributed by atoms with Crippen molar-refractivity contribution in [2.45, 2.75) is 31.9 Å². The van der Waals surface area contributed by atoms with Crippen molar-refractivity contribution in [1.82, 2.24) is 10.6 Å². The van der Waals surface area contributed by atoms with Crippen molar-refractivity contribution in [2.24, 2.45) is 0 Å². The molecule has 5 heteroatoms. The lowest BCUT2D eigenvalue weighted by atomic mass is 10.0. The molecule has 1 heterocycles. The van der Waals surface area contributed by atoms with Crippen molar-refractivity contribution >= 4 is 17.8 Å². The molecular formula is C10H20N2O2S. The molecule has 0 aromatic carbocycles. The number of hydrogen-bond acceptors (Lipinski definition) is 3. The average molecular weight is 232 g/mol. The molecule has 0 aromatic heterocycles. The maximum Gasteiger partial charge on any atom is 0.315 e. The van der Waals surface area contributed by atoms with Gasteiger partial charge in [-0.05, 0) is 26.0 Å². The maximum absolute atomic E-state index is 11.4. The first-order valence-electron chi connectivity index (χ1n) is 5.25. The Kier molecular flexibility index (Phi) is 4.73. The lowest BCUT2D eigenvalue weighted by Gasteiger charge is -2.27. The number of amides is 2. The fraction of sp³-hybridized carbons (Fsp3) is 0.900. The van der Waals surface area contributed by atoms with Crippen LogP contribution in [0.25, 0.3) is 0 Å². The molecule has 1 aliphatic rings. The van der Waals surface area contributed by atoms with Gasteiger partial charge in [0.25, 0.3) is 0 Å². The van der Waals surface area contributed by atoms with Crippen molar-refractivity contribution in [2.75, 3.05) is 25.2 Å². The molecule has 15 heavy (non-hydrogen) atoms. The van der Waals surface area contributed by atoms with E-state index < -0.39 is 0 Å². The molecule has 1 rings (SSSR count). The Morgan fingerprint density at radius 3 is 2.80 bits per heavy atom. The van der Waals surface area contributed by atoms with Crippen molar-refractivity contribution in [1.29, 1.82) is 0 Å². The van der Waals surface area contributed by atoms with Crippen LogP contribution in [0.1, 0.15) is 20.3 Å². The molecule has 1 aliphatic heterocycles. The fourth-order valence-electron chi connectivity index (χ4n) is 1.52. The average Bonchev–Trinajstić information content (AvgIpc) is 2.63. The van der Waals surface area contributed by atoms with Crippen LogP contribution >= 0.6 is 11.8 Å². The Morgan fingerprint density at radius 1 is 1.60 bits per heavy atom. The van der Waals surface area contributed by atoms with Crippen molar-refractivity contribution in [3.05, 3.63) is 0 Å².